The molecule has 0 bridgehead atoms. The van der Waals surface area contributed by atoms with Crippen LogP contribution in [0, 0.1) is 5.92 Å². The maximum Gasteiger partial charge on any atom is 0.0437 e. The number of anilines is 2. The van der Waals surface area contributed by atoms with Gasteiger partial charge in [0, 0.05) is 47.6 Å². The first kappa shape index (κ1) is 13.2. The van der Waals surface area contributed by atoms with Crippen molar-refractivity contribution in [2.75, 3.05) is 37.2 Å². The van der Waals surface area contributed by atoms with Crippen molar-refractivity contribution in [1.29, 1.82) is 0 Å². The molecule has 1 fully saturated rings. The fraction of sp³-hybridized carbons (Fsp3) is 0.438. The highest BCUT2D eigenvalue weighted by Crippen LogP contribution is 2.28. The predicted molar refractivity (Wildman–Crippen MR) is 84.9 cm³/mol. The van der Waals surface area contributed by atoms with E-state index < -0.39 is 0 Å². The lowest BCUT2D eigenvalue weighted by atomic mass is 10.1. The molecule has 20 heavy (non-hydrogen) atoms. The molecule has 0 spiro atoms. The number of aromatic nitrogens is 1. The van der Waals surface area contributed by atoms with Gasteiger partial charge < -0.3 is 16.0 Å². The molecule has 0 aliphatic carbocycles. The Hall–Kier alpha value is -1.81. The molecule has 106 valence electrons. The number of nitrogens with one attached hydrogen (secondary N) is 1. The molecule has 2 heterocycles. The normalized spacial score (nSPS) is 19.6. The van der Waals surface area contributed by atoms with E-state index in [1.54, 1.807) is 6.20 Å². The zero-order chi connectivity index (χ0) is 13.9. The van der Waals surface area contributed by atoms with Crippen LogP contribution >= 0.6 is 0 Å². The lowest BCUT2D eigenvalue weighted by Crippen LogP contribution is -2.22. The fourth-order valence-electron chi connectivity index (χ4n) is 2.99. The summed E-state index contributed by atoms with van der Waals surface area (Å²) in [6.45, 7) is 6.84. The Morgan fingerprint density at radius 2 is 2.25 bits per heavy atom. The fourth-order valence-corrected chi connectivity index (χ4v) is 2.99. The van der Waals surface area contributed by atoms with E-state index in [0.717, 1.165) is 41.2 Å². The van der Waals surface area contributed by atoms with Crippen LogP contribution in [0.3, 0.4) is 0 Å². The summed E-state index contributed by atoms with van der Waals surface area (Å²) in [5.41, 5.74) is 7.96. The molecular formula is C16H22N4. The van der Waals surface area contributed by atoms with Gasteiger partial charge in [0.2, 0.25) is 0 Å². The molecule has 3 N–H and O–H groups in total. The number of nitrogen functional groups attached to an aromatic ring is 1. The van der Waals surface area contributed by atoms with Crippen LogP contribution in [0.25, 0.3) is 10.8 Å². The third kappa shape index (κ3) is 2.56. The Morgan fingerprint density at radius 1 is 1.35 bits per heavy atom. The Bertz CT molecular complexity index is 596. The molecular weight excluding hydrogens is 248 g/mol. The summed E-state index contributed by atoms with van der Waals surface area (Å²) in [6, 6.07) is 6.01. The van der Waals surface area contributed by atoms with Crippen molar-refractivity contribution in [1.82, 2.24) is 9.88 Å². The highest BCUT2D eigenvalue weighted by Gasteiger charge is 2.20. The largest absolute Gasteiger partial charge is 0.398 e. The zero-order valence-electron chi connectivity index (χ0n) is 12.0. The van der Waals surface area contributed by atoms with E-state index in [1.807, 2.05) is 18.3 Å². The Morgan fingerprint density at radius 3 is 3.05 bits per heavy atom. The van der Waals surface area contributed by atoms with E-state index >= 15 is 0 Å². The van der Waals surface area contributed by atoms with E-state index in [0.29, 0.717) is 0 Å². The smallest absolute Gasteiger partial charge is 0.0437 e. The number of nitrogens with zero attached hydrogens (tertiary/aromatic N) is 2. The predicted octanol–water partition coefficient (Wildman–Crippen LogP) is 2.57. The minimum absolute atomic E-state index is 0.735. The number of fused-ring (bicyclic) bond motifs is 1. The number of likely N-dealkylation sites (tertiary alicyclic amines) is 1. The lowest BCUT2D eigenvalue weighted by Gasteiger charge is -2.16. The standard InChI is InChI=1S/C16H22N4/c1-2-20-8-6-12(11-20)9-19-16-4-3-15(17)13-5-7-18-10-14(13)16/h3-5,7,10,12,19H,2,6,8-9,11,17H2,1H3. The summed E-state index contributed by atoms with van der Waals surface area (Å²) < 4.78 is 0. The number of hydrogen-bond acceptors (Lipinski definition) is 4. The zero-order valence-corrected chi connectivity index (χ0v) is 12.0. The Balaban J connectivity index is 1.74. The number of rotatable bonds is 4. The molecule has 1 aliphatic heterocycles. The van der Waals surface area contributed by atoms with E-state index in [4.69, 9.17) is 5.73 Å². The van der Waals surface area contributed by atoms with Gasteiger partial charge in [-0.05, 0) is 43.6 Å². The minimum Gasteiger partial charge on any atom is -0.398 e. The molecule has 1 atom stereocenters. The molecule has 1 unspecified atom stereocenters. The first-order valence-electron chi connectivity index (χ1n) is 7.36. The van der Waals surface area contributed by atoms with Gasteiger partial charge >= 0.3 is 0 Å². The molecule has 0 amide bonds. The second-order valence-corrected chi connectivity index (χ2v) is 5.55. The van der Waals surface area contributed by atoms with Crippen molar-refractivity contribution in [2.45, 2.75) is 13.3 Å². The van der Waals surface area contributed by atoms with Crippen molar-refractivity contribution in [2.24, 2.45) is 5.92 Å². The summed E-state index contributed by atoms with van der Waals surface area (Å²) in [6.07, 6.45) is 4.96. The molecule has 0 saturated carbocycles. The van der Waals surface area contributed by atoms with Crippen molar-refractivity contribution < 1.29 is 0 Å². The molecule has 3 rings (SSSR count). The summed E-state index contributed by atoms with van der Waals surface area (Å²) >= 11 is 0. The first-order chi connectivity index (χ1) is 9.78. The average Bonchev–Trinajstić information content (AvgIpc) is 2.95. The third-order valence-corrected chi connectivity index (χ3v) is 4.25. The van der Waals surface area contributed by atoms with Crippen LogP contribution in [0.2, 0.25) is 0 Å². The maximum absolute atomic E-state index is 6.02. The van der Waals surface area contributed by atoms with Crippen LogP contribution in [-0.4, -0.2) is 36.1 Å². The second-order valence-electron chi connectivity index (χ2n) is 5.55. The number of pyridine rings is 1. The maximum atomic E-state index is 6.02. The second kappa shape index (κ2) is 5.67. The highest BCUT2D eigenvalue weighted by atomic mass is 15.1. The molecule has 4 nitrogen and oxygen atoms in total. The Kier molecular flexibility index (Phi) is 3.74. The molecule has 1 aromatic heterocycles. The van der Waals surface area contributed by atoms with Gasteiger partial charge in [-0.25, -0.2) is 0 Å². The Labute approximate surface area is 120 Å². The van der Waals surface area contributed by atoms with Crippen molar-refractivity contribution in [3.63, 3.8) is 0 Å². The van der Waals surface area contributed by atoms with E-state index in [2.05, 4.69) is 28.2 Å². The van der Waals surface area contributed by atoms with Crippen LogP contribution in [0.1, 0.15) is 13.3 Å². The van der Waals surface area contributed by atoms with E-state index in [1.165, 1.54) is 19.5 Å². The van der Waals surface area contributed by atoms with Crippen molar-refractivity contribution in [3.8, 4) is 0 Å². The van der Waals surface area contributed by atoms with Crippen molar-refractivity contribution in [3.05, 3.63) is 30.6 Å². The quantitative estimate of drug-likeness (QED) is 0.838. The summed E-state index contributed by atoms with van der Waals surface area (Å²) in [7, 11) is 0. The molecule has 2 aromatic rings. The van der Waals surface area contributed by atoms with E-state index in [9.17, 15) is 0 Å². The van der Waals surface area contributed by atoms with Gasteiger partial charge in [-0.1, -0.05) is 6.92 Å². The summed E-state index contributed by atoms with van der Waals surface area (Å²) in [4.78, 5) is 6.72. The lowest BCUT2D eigenvalue weighted by molar-refractivity contribution is 0.345. The van der Waals surface area contributed by atoms with Crippen LogP contribution in [0.4, 0.5) is 11.4 Å². The SMILES string of the molecule is CCN1CCC(CNc2ccc(N)c3ccncc23)C1. The van der Waals surface area contributed by atoms with Crippen LogP contribution in [0.15, 0.2) is 30.6 Å². The number of hydrogen-bond donors (Lipinski definition) is 2. The van der Waals surface area contributed by atoms with Crippen molar-refractivity contribution >= 4 is 22.1 Å². The first-order valence-corrected chi connectivity index (χ1v) is 7.36. The average molecular weight is 270 g/mol. The van der Waals surface area contributed by atoms with E-state index in [-0.39, 0.29) is 0 Å². The monoisotopic (exact) mass is 270 g/mol. The molecule has 4 heteroatoms. The van der Waals surface area contributed by atoms with Crippen LogP contribution in [-0.2, 0) is 0 Å². The summed E-state index contributed by atoms with van der Waals surface area (Å²) in [5, 5.41) is 5.76. The minimum atomic E-state index is 0.735. The van der Waals surface area contributed by atoms with Crippen LogP contribution < -0.4 is 11.1 Å². The van der Waals surface area contributed by atoms with Gasteiger partial charge in [0.25, 0.3) is 0 Å². The van der Waals surface area contributed by atoms with Gasteiger partial charge in [0.1, 0.15) is 0 Å². The molecule has 0 radical (unpaired) electrons. The molecule has 1 saturated heterocycles. The third-order valence-electron chi connectivity index (χ3n) is 4.25. The van der Waals surface area contributed by atoms with Gasteiger partial charge in [-0.3, -0.25) is 4.98 Å². The topological polar surface area (TPSA) is 54.2 Å². The van der Waals surface area contributed by atoms with Gasteiger partial charge in [-0.15, -0.1) is 0 Å². The van der Waals surface area contributed by atoms with Gasteiger partial charge in [-0.2, -0.15) is 0 Å². The number of nitrogens with two attached hydrogens (primary N) is 1. The van der Waals surface area contributed by atoms with Gasteiger partial charge in [0.05, 0.1) is 0 Å². The summed E-state index contributed by atoms with van der Waals surface area (Å²) in [5.74, 6) is 0.735. The molecule has 1 aliphatic rings. The molecule has 1 aromatic carbocycles. The highest BCUT2D eigenvalue weighted by molar-refractivity contribution is 6.00. The number of benzene rings is 1. The van der Waals surface area contributed by atoms with Gasteiger partial charge in [0.15, 0.2) is 0 Å². The van der Waals surface area contributed by atoms with Crippen LogP contribution in [0.5, 0.6) is 0 Å².